The molecule has 0 saturated heterocycles. The van der Waals surface area contributed by atoms with Crippen LogP contribution < -0.4 is 0 Å². The van der Waals surface area contributed by atoms with Gasteiger partial charge in [-0.15, -0.1) is 0 Å². The minimum absolute atomic E-state index is 0.204. The Morgan fingerprint density at radius 1 is 0.952 bits per heavy atom. The molecule has 2 aromatic rings. The van der Waals surface area contributed by atoms with E-state index in [2.05, 4.69) is 0 Å². The van der Waals surface area contributed by atoms with E-state index >= 15 is 0 Å². The summed E-state index contributed by atoms with van der Waals surface area (Å²) in [6.45, 7) is 2.24. The van der Waals surface area contributed by atoms with E-state index in [0.717, 1.165) is 11.1 Å². The molecule has 0 atom stereocenters. The highest BCUT2D eigenvalue weighted by atomic mass is 16.3. The molecule has 4 heteroatoms. The monoisotopic (exact) mass is 281 g/mol. The molecule has 0 spiro atoms. The molecule has 0 bridgehead atoms. The number of imide groups is 1. The average Bonchev–Trinajstić information content (AvgIpc) is 2.70. The number of aryl methyl sites for hydroxylation is 1. The average molecular weight is 281 g/mol. The zero-order chi connectivity index (χ0) is 15.0. The Balaban J connectivity index is 1.77. The lowest BCUT2D eigenvalue weighted by Gasteiger charge is -2.13. The van der Waals surface area contributed by atoms with Gasteiger partial charge in [-0.2, -0.15) is 0 Å². The van der Waals surface area contributed by atoms with Gasteiger partial charge in [0.1, 0.15) is 5.75 Å². The molecule has 2 amide bonds. The van der Waals surface area contributed by atoms with Gasteiger partial charge in [-0.25, -0.2) is 0 Å². The Hall–Kier alpha value is -2.62. The van der Waals surface area contributed by atoms with E-state index in [-0.39, 0.29) is 17.6 Å². The van der Waals surface area contributed by atoms with Crippen LogP contribution in [0.15, 0.2) is 42.5 Å². The zero-order valence-electron chi connectivity index (χ0n) is 11.7. The molecule has 0 unspecified atom stereocenters. The van der Waals surface area contributed by atoms with Crippen LogP contribution in [0.2, 0.25) is 0 Å². The lowest BCUT2D eigenvalue weighted by atomic mass is 10.1. The van der Waals surface area contributed by atoms with Gasteiger partial charge >= 0.3 is 0 Å². The topological polar surface area (TPSA) is 57.6 Å². The van der Waals surface area contributed by atoms with Gasteiger partial charge in [0.25, 0.3) is 11.8 Å². The van der Waals surface area contributed by atoms with Crippen LogP contribution in [0.5, 0.6) is 5.75 Å². The van der Waals surface area contributed by atoms with E-state index < -0.39 is 0 Å². The summed E-state index contributed by atoms with van der Waals surface area (Å²) in [5.74, 6) is -0.249. The van der Waals surface area contributed by atoms with Crippen LogP contribution in [-0.4, -0.2) is 28.4 Å². The van der Waals surface area contributed by atoms with E-state index in [4.69, 9.17) is 0 Å². The first-order chi connectivity index (χ1) is 10.1. The van der Waals surface area contributed by atoms with Crippen molar-refractivity contribution in [1.82, 2.24) is 4.90 Å². The summed E-state index contributed by atoms with van der Waals surface area (Å²) >= 11 is 0. The first-order valence-electron chi connectivity index (χ1n) is 6.81. The molecule has 21 heavy (non-hydrogen) atoms. The van der Waals surface area contributed by atoms with Gasteiger partial charge in [-0.05, 0) is 43.2 Å². The largest absolute Gasteiger partial charge is 0.508 e. The molecule has 1 aliphatic heterocycles. The molecule has 2 aromatic carbocycles. The van der Waals surface area contributed by atoms with Crippen molar-refractivity contribution in [2.75, 3.05) is 6.54 Å². The maximum atomic E-state index is 12.3. The second-order valence-corrected chi connectivity index (χ2v) is 5.23. The van der Waals surface area contributed by atoms with Gasteiger partial charge in [0.05, 0.1) is 11.1 Å². The number of amides is 2. The number of fused-ring (bicyclic) bond motifs is 1. The number of carbonyl (C=O) groups excluding carboxylic acids is 2. The van der Waals surface area contributed by atoms with E-state index in [9.17, 15) is 14.7 Å². The second-order valence-electron chi connectivity index (χ2n) is 5.23. The number of nitrogens with zero attached hydrogens (tertiary/aromatic N) is 1. The fourth-order valence-electron chi connectivity index (χ4n) is 2.51. The minimum atomic E-state index is -0.228. The molecule has 3 rings (SSSR count). The van der Waals surface area contributed by atoms with Crippen LogP contribution in [0, 0.1) is 6.92 Å². The molecule has 0 aliphatic carbocycles. The van der Waals surface area contributed by atoms with Crippen LogP contribution in [0.25, 0.3) is 0 Å². The highest BCUT2D eigenvalue weighted by Gasteiger charge is 2.34. The fraction of sp³-hybridized carbons (Fsp3) is 0.176. The number of aromatic hydroxyl groups is 1. The number of benzene rings is 2. The van der Waals surface area contributed by atoms with Crippen LogP contribution in [0.3, 0.4) is 0 Å². The van der Waals surface area contributed by atoms with Crippen molar-refractivity contribution >= 4 is 11.8 Å². The summed E-state index contributed by atoms with van der Waals surface area (Å²) in [7, 11) is 0. The summed E-state index contributed by atoms with van der Waals surface area (Å²) in [4.78, 5) is 25.8. The van der Waals surface area contributed by atoms with Gasteiger partial charge in [0.2, 0.25) is 0 Å². The number of phenolic OH excluding ortho intramolecular Hbond substituents is 1. The van der Waals surface area contributed by atoms with E-state index in [1.165, 1.54) is 4.90 Å². The molecular weight excluding hydrogens is 266 g/mol. The van der Waals surface area contributed by atoms with Crippen molar-refractivity contribution in [3.63, 3.8) is 0 Å². The van der Waals surface area contributed by atoms with E-state index in [1.54, 1.807) is 36.4 Å². The number of phenols is 1. The molecule has 106 valence electrons. The van der Waals surface area contributed by atoms with Gasteiger partial charge in [-0.3, -0.25) is 14.5 Å². The molecule has 1 heterocycles. The Morgan fingerprint density at radius 2 is 1.62 bits per heavy atom. The SMILES string of the molecule is Cc1ccc2c(c1)C(=O)N(CCc1ccc(O)cc1)C2=O. The van der Waals surface area contributed by atoms with E-state index in [1.807, 2.05) is 13.0 Å². The summed E-state index contributed by atoms with van der Waals surface area (Å²) in [6.07, 6.45) is 0.574. The standard InChI is InChI=1S/C17H15NO3/c1-11-2-7-14-15(10-11)17(21)18(16(14)20)9-8-12-3-5-13(19)6-4-12/h2-7,10,19H,8-9H2,1H3. The molecule has 0 aromatic heterocycles. The van der Waals surface area contributed by atoms with Crippen LogP contribution >= 0.6 is 0 Å². The predicted octanol–water partition coefficient (Wildman–Crippen LogP) is 2.54. The summed E-state index contributed by atoms with van der Waals surface area (Å²) in [6, 6.07) is 12.1. The predicted molar refractivity (Wildman–Crippen MR) is 78.4 cm³/mol. The third-order valence-electron chi connectivity index (χ3n) is 3.69. The van der Waals surface area contributed by atoms with Crippen molar-refractivity contribution in [2.24, 2.45) is 0 Å². The number of hydrogen-bond donors (Lipinski definition) is 1. The van der Waals surface area contributed by atoms with Crippen molar-refractivity contribution in [2.45, 2.75) is 13.3 Å². The molecule has 0 saturated carbocycles. The van der Waals surface area contributed by atoms with Gasteiger partial charge < -0.3 is 5.11 Å². The maximum Gasteiger partial charge on any atom is 0.261 e. The molecule has 0 radical (unpaired) electrons. The van der Waals surface area contributed by atoms with Crippen molar-refractivity contribution in [3.8, 4) is 5.75 Å². The Bertz CT molecular complexity index is 719. The third kappa shape index (κ3) is 2.40. The normalized spacial score (nSPS) is 13.7. The zero-order valence-corrected chi connectivity index (χ0v) is 11.7. The number of carbonyl (C=O) groups is 2. The summed E-state index contributed by atoms with van der Waals surface area (Å²) in [5.41, 5.74) is 2.91. The fourth-order valence-corrected chi connectivity index (χ4v) is 2.51. The second kappa shape index (κ2) is 5.05. The summed E-state index contributed by atoms with van der Waals surface area (Å²) in [5, 5.41) is 9.25. The summed E-state index contributed by atoms with van der Waals surface area (Å²) < 4.78 is 0. The molecule has 0 fully saturated rings. The highest BCUT2D eigenvalue weighted by molar-refractivity contribution is 6.21. The lowest BCUT2D eigenvalue weighted by molar-refractivity contribution is 0.0656. The minimum Gasteiger partial charge on any atom is -0.508 e. The molecule has 1 N–H and O–H groups in total. The van der Waals surface area contributed by atoms with Crippen molar-refractivity contribution in [3.05, 3.63) is 64.7 Å². The third-order valence-corrected chi connectivity index (χ3v) is 3.69. The Labute approximate surface area is 122 Å². The number of hydrogen-bond acceptors (Lipinski definition) is 3. The molecule has 1 aliphatic rings. The quantitative estimate of drug-likeness (QED) is 0.880. The first-order valence-corrected chi connectivity index (χ1v) is 6.81. The first kappa shape index (κ1) is 13.4. The maximum absolute atomic E-state index is 12.3. The van der Waals surface area contributed by atoms with Crippen molar-refractivity contribution in [1.29, 1.82) is 0 Å². The van der Waals surface area contributed by atoms with Gasteiger partial charge in [0, 0.05) is 6.54 Å². The smallest absolute Gasteiger partial charge is 0.261 e. The van der Waals surface area contributed by atoms with Crippen LogP contribution in [-0.2, 0) is 6.42 Å². The lowest BCUT2D eigenvalue weighted by Crippen LogP contribution is -2.31. The Kier molecular flexibility index (Phi) is 3.22. The van der Waals surface area contributed by atoms with Crippen LogP contribution in [0.4, 0.5) is 0 Å². The van der Waals surface area contributed by atoms with E-state index in [0.29, 0.717) is 24.1 Å². The highest BCUT2D eigenvalue weighted by Crippen LogP contribution is 2.24. The van der Waals surface area contributed by atoms with Crippen LogP contribution in [0.1, 0.15) is 31.8 Å². The number of rotatable bonds is 3. The molecule has 4 nitrogen and oxygen atoms in total. The van der Waals surface area contributed by atoms with Gasteiger partial charge in [-0.1, -0.05) is 23.8 Å². The van der Waals surface area contributed by atoms with Gasteiger partial charge in [0.15, 0.2) is 0 Å². The molecular formula is C17H15NO3. The van der Waals surface area contributed by atoms with Crippen molar-refractivity contribution < 1.29 is 14.7 Å². The Morgan fingerprint density at radius 3 is 2.33 bits per heavy atom.